The molecule has 3 aromatic rings. The first-order chi connectivity index (χ1) is 9.20. The maximum Gasteiger partial charge on any atom is 0.196 e. The van der Waals surface area contributed by atoms with Crippen molar-refractivity contribution in [1.29, 1.82) is 0 Å². The van der Waals surface area contributed by atoms with Crippen LogP contribution in [0, 0.1) is 5.82 Å². The van der Waals surface area contributed by atoms with Gasteiger partial charge in [0.25, 0.3) is 0 Å². The lowest BCUT2D eigenvalue weighted by atomic mass is 10.3. The summed E-state index contributed by atoms with van der Waals surface area (Å²) in [7, 11) is 1.76. The number of hydrogen-bond donors (Lipinski definition) is 0. The molecule has 0 bridgehead atoms. The van der Waals surface area contributed by atoms with Crippen molar-refractivity contribution < 1.29 is 9.18 Å². The van der Waals surface area contributed by atoms with Crippen LogP contribution in [0.3, 0.4) is 0 Å². The normalized spacial score (nSPS) is 10.8. The van der Waals surface area contributed by atoms with Crippen LogP contribution in [0.25, 0.3) is 4.96 Å². The Morgan fingerprint density at radius 3 is 3.05 bits per heavy atom. The highest BCUT2D eigenvalue weighted by Crippen LogP contribution is 2.28. The van der Waals surface area contributed by atoms with Gasteiger partial charge in [-0.25, -0.2) is 9.37 Å². The number of aldehydes is 1. The number of fused-ring (bicyclic) bond motifs is 1. The molecule has 1 aromatic carbocycles. The number of anilines is 2. The van der Waals surface area contributed by atoms with Gasteiger partial charge >= 0.3 is 0 Å². The van der Waals surface area contributed by atoms with Gasteiger partial charge in [-0.05, 0) is 18.2 Å². The predicted octanol–water partition coefficient (Wildman–Crippen LogP) is 3.12. The summed E-state index contributed by atoms with van der Waals surface area (Å²) in [5.41, 5.74) is 1.11. The predicted molar refractivity (Wildman–Crippen MR) is 72.9 cm³/mol. The number of nitrogens with zero attached hydrogens (tertiary/aromatic N) is 3. The van der Waals surface area contributed by atoms with Crippen molar-refractivity contribution in [3.05, 3.63) is 47.4 Å². The van der Waals surface area contributed by atoms with Crippen LogP contribution in [0.2, 0.25) is 0 Å². The lowest BCUT2D eigenvalue weighted by Crippen LogP contribution is -2.12. The number of rotatable bonds is 3. The molecule has 2 heterocycles. The molecule has 0 saturated carbocycles. The standard InChI is InChI=1S/C13H10FN3OS/c1-16(10-4-2-3-9(14)7-10)12-11(8-18)17-5-6-19-13(17)15-12/h2-8H,1H3. The fraction of sp³-hybridized carbons (Fsp3) is 0.0769. The molecule has 3 rings (SSSR count). The van der Waals surface area contributed by atoms with Crippen LogP contribution in [0.15, 0.2) is 35.8 Å². The molecule has 96 valence electrons. The minimum atomic E-state index is -0.321. The van der Waals surface area contributed by atoms with E-state index in [-0.39, 0.29) is 5.82 Å². The van der Waals surface area contributed by atoms with E-state index in [9.17, 15) is 9.18 Å². The average molecular weight is 275 g/mol. The summed E-state index contributed by atoms with van der Waals surface area (Å²) in [6.45, 7) is 0. The molecule has 0 saturated heterocycles. The van der Waals surface area contributed by atoms with E-state index in [1.165, 1.54) is 23.5 Å². The van der Waals surface area contributed by atoms with Gasteiger partial charge in [0, 0.05) is 24.3 Å². The van der Waals surface area contributed by atoms with Crippen molar-refractivity contribution in [1.82, 2.24) is 9.38 Å². The third-order valence-corrected chi connectivity index (χ3v) is 3.66. The van der Waals surface area contributed by atoms with Gasteiger partial charge in [0.1, 0.15) is 11.5 Å². The van der Waals surface area contributed by atoms with Crippen molar-refractivity contribution in [2.24, 2.45) is 0 Å². The van der Waals surface area contributed by atoms with Crippen LogP contribution < -0.4 is 4.90 Å². The lowest BCUT2D eigenvalue weighted by Gasteiger charge is -2.17. The largest absolute Gasteiger partial charge is 0.327 e. The zero-order chi connectivity index (χ0) is 13.4. The Morgan fingerprint density at radius 2 is 2.32 bits per heavy atom. The highest BCUT2D eigenvalue weighted by molar-refractivity contribution is 7.15. The van der Waals surface area contributed by atoms with Crippen LogP contribution in [-0.2, 0) is 0 Å². The first-order valence-electron chi connectivity index (χ1n) is 5.60. The molecule has 0 fully saturated rings. The number of carbonyl (C=O) groups excluding carboxylic acids is 1. The Hall–Kier alpha value is -2.21. The van der Waals surface area contributed by atoms with E-state index in [1.54, 1.807) is 34.7 Å². The summed E-state index contributed by atoms with van der Waals surface area (Å²) in [5, 5.41) is 1.86. The minimum Gasteiger partial charge on any atom is -0.327 e. The maximum absolute atomic E-state index is 13.3. The number of carbonyl (C=O) groups is 1. The Kier molecular flexibility index (Phi) is 2.79. The van der Waals surface area contributed by atoms with E-state index in [2.05, 4.69) is 4.98 Å². The number of imidazole rings is 1. The summed E-state index contributed by atoms with van der Waals surface area (Å²) in [6.07, 6.45) is 2.55. The molecule has 0 N–H and O–H groups in total. The van der Waals surface area contributed by atoms with Crippen LogP contribution in [0.4, 0.5) is 15.9 Å². The molecule has 0 aliphatic heterocycles. The molecule has 0 amide bonds. The third kappa shape index (κ3) is 1.90. The van der Waals surface area contributed by atoms with Crippen molar-refractivity contribution in [2.75, 3.05) is 11.9 Å². The zero-order valence-electron chi connectivity index (χ0n) is 10.1. The van der Waals surface area contributed by atoms with Gasteiger partial charge < -0.3 is 4.90 Å². The second kappa shape index (κ2) is 4.47. The third-order valence-electron chi connectivity index (χ3n) is 2.90. The fourth-order valence-electron chi connectivity index (χ4n) is 1.96. The summed E-state index contributed by atoms with van der Waals surface area (Å²) < 4.78 is 15.0. The number of halogens is 1. The van der Waals surface area contributed by atoms with Crippen molar-refractivity contribution >= 4 is 34.1 Å². The molecule has 6 heteroatoms. The molecule has 2 aromatic heterocycles. The fourth-order valence-corrected chi connectivity index (χ4v) is 2.67. The molecule has 0 atom stereocenters. The van der Waals surface area contributed by atoms with E-state index in [1.807, 2.05) is 5.38 Å². The van der Waals surface area contributed by atoms with Gasteiger partial charge in [-0.2, -0.15) is 0 Å². The monoisotopic (exact) mass is 275 g/mol. The quantitative estimate of drug-likeness (QED) is 0.689. The molecule has 0 spiro atoms. The minimum absolute atomic E-state index is 0.321. The zero-order valence-corrected chi connectivity index (χ0v) is 10.9. The topological polar surface area (TPSA) is 37.6 Å². The molecule has 19 heavy (non-hydrogen) atoms. The molecule has 4 nitrogen and oxygen atoms in total. The SMILES string of the molecule is CN(c1cccc(F)c1)c1nc2sccn2c1C=O. The Labute approximate surface area is 112 Å². The summed E-state index contributed by atoms with van der Waals surface area (Å²) in [5.74, 6) is 0.200. The Morgan fingerprint density at radius 1 is 1.47 bits per heavy atom. The van der Waals surface area contributed by atoms with Gasteiger partial charge in [-0.1, -0.05) is 6.07 Å². The second-order valence-electron chi connectivity index (χ2n) is 4.03. The Bertz CT molecular complexity index is 749. The first kappa shape index (κ1) is 11.9. The number of thiazole rings is 1. The average Bonchev–Trinajstić information content (AvgIpc) is 2.97. The Balaban J connectivity index is 2.13. The first-order valence-corrected chi connectivity index (χ1v) is 6.48. The molecule has 0 aliphatic carbocycles. The van der Waals surface area contributed by atoms with Crippen molar-refractivity contribution in [3.8, 4) is 0 Å². The second-order valence-corrected chi connectivity index (χ2v) is 4.91. The maximum atomic E-state index is 13.3. The lowest BCUT2D eigenvalue weighted by molar-refractivity contribution is 0.111. The van der Waals surface area contributed by atoms with E-state index in [0.29, 0.717) is 17.2 Å². The number of benzene rings is 1. The molecular weight excluding hydrogens is 265 g/mol. The van der Waals surface area contributed by atoms with Crippen LogP contribution in [0.1, 0.15) is 10.5 Å². The highest BCUT2D eigenvalue weighted by Gasteiger charge is 2.17. The van der Waals surface area contributed by atoms with Crippen LogP contribution in [-0.4, -0.2) is 22.7 Å². The van der Waals surface area contributed by atoms with E-state index >= 15 is 0 Å². The van der Waals surface area contributed by atoms with Gasteiger partial charge in [0.05, 0.1) is 0 Å². The summed E-state index contributed by atoms with van der Waals surface area (Å²) >= 11 is 1.45. The van der Waals surface area contributed by atoms with Gasteiger partial charge in [-0.3, -0.25) is 9.20 Å². The van der Waals surface area contributed by atoms with Crippen molar-refractivity contribution in [3.63, 3.8) is 0 Å². The van der Waals surface area contributed by atoms with Crippen LogP contribution in [0.5, 0.6) is 0 Å². The number of aromatic nitrogens is 2. The van der Waals surface area contributed by atoms with Gasteiger partial charge in [0.15, 0.2) is 17.1 Å². The van der Waals surface area contributed by atoms with Crippen LogP contribution >= 0.6 is 11.3 Å². The molecular formula is C13H10FN3OS. The molecule has 0 unspecified atom stereocenters. The van der Waals surface area contributed by atoms with E-state index in [0.717, 1.165) is 11.2 Å². The van der Waals surface area contributed by atoms with Gasteiger partial charge in [-0.15, -0.1) is 11.3 Å². The smallest absolute Gasteiger partial charge is 0.196 e. The molecule has 0 aliphatic rings. The van der Waals surface area contributed by atoms with Crippen molar-refractivity contribution in [2.45, 2.75) is 0 Å². The summed E-state index contributed by atoms with van der Waals surface area (Å²) in [6, 6.07) is 6.18. The van der Waals surface area contributed by atoms with E-state index in [4.69, 9.17) is 0 Å². The highest BCUT2D eigenvalue weighted by atomic mass is 32.1. The van der Waals surface area contributed by atoms with E-state index < -0.39 is 0 Å². The van der Waals surface area contributed by atoms with Gasteiger partial charge in [0.2, 0.25) is 0 Å². The number of hydrogen-bond acceptors (Lipinski definition) is 4. The molecule has 0 radical (unpaired) electrons. The summed E-state index contributed by atoms with van der Waals surface area (Å²) in [4.78, 5) is 18.1.